The van der Waals surface area contributed by atoms with Gasteiger partial charge in [-0.1, -0.05) is 13.0 Å². The molecule has 0 aromatic heterocycles. The summed E-state index contributed by atoms with van der Waals surface area (Å²) in [5.74, 6) is -4.27. The van der Waals surface area contributed by atoms with Gasteiger partial charge in [-0.05, 0) is 25.0 Å². The fourth-order valence-electron chi connectivity index (χ4n) is 1.85. The number of carboxylic acids is 1. The van der Waals surface area contributed by atoms with E-state index in [-0.39, 0.29) is 24.4 Å². The Morgan fingerprint density at radius 2 is 1.80 bits per heavy atom. The highest BCUT2D eigenvalue weighted by molar-refractivity contribution is 5.83. The Hall–Kier alpha value is -1.98. The van der Waals surface area contributed by atoms with Gasteiger partial charge in [-0.3, -0.25) is 9.59 Å². The van der Waals surface area contributed by atoms with Crippen LogP contribution in [0, 0.1) is 17.6 Å². The number of hydrogen-bond donors (Lipinski definition) is 2. The molecule has 6 heteroatoms. The zero-order valence-corrected chi connectivity index (χ0v) is 11.3. The van der Waals surface area contributed by atoms with Gasteiger partial charge in [0.1, 0.15) is 11.6 Å². The molecule has 110 valence electrons. The van der Waals surface area contributed by atoms with E-state index in [1.165, 1.54) is 13.0 Å². The summed E-state index contributed by atoms with van der Waals surface area (Å²) in [6.45, 7) is 3.22. The summed E-state index contributed by atoms with van der Waals surface area (Å²) in [4.78, 5) is 22.3. The smallest absolute Gasteiger partial charge is 0.303 e. The van der Waals surface area contributed by atoms with Gasteiger partial charge < -0.3 is 10.4 Å². The molecule has 0 saturated carbocycles. The fraction of sp³-hybridized carbons (Fsp3) is 0.429. The van der Waals surface area contributed by atoms with Crippen LogP contribution in [-0.2, 0) is 9.59 Å². The first kappa shape index (κ1) is 16.1. The van der Waals surface area contributed by atoms with Crippen molar-refractivity contribution in [1.29, 1.82) is 0 Å². The summed E-state index contributed by atoms with van der Waals surface area (Å²) in [7, 11) is 0. The predicted molar refractivity (Wildman–Crippen MR) is 69.2 cm³/mol. The molecule has 0 fully saturated rings. The number of benzene rings is 1. The standard InChI is InChI=1S/C14H17F2NO3/c1-8(6-12(18)19)7-17-14(20)9(2)13-10(15)4-3-5-11(13)16/h3-5,8-9H,6-7H2,1-2H3,(H,17,20)(H,18,19). The van der Waals surface area contributed by atoms with Gasteiger partial charge in [0.15, 0.2) is 0 Å². The largest absolute Gasteiger partial charge is 0.481 e. The van der Waals surface area contributed by atoms with Gasteiger partial charge in [-0.2, -0.15) is 0 Å². The second-order valence-electron chi connectivity index (χ2n) is 4.81. The molecule has 0 aliphatic carbocycles. The van der Waals surface area contributed by atoms with E-state index >= 15 is 0 Å². The van der Waals surface area contributed by atoms with E-state index < -0.39 is 29.4 Å². The van der Waals surface area contributed by atoms with E-state index in [0.717, 1.165) is 12.1 Å². The summed E-state index contributed by atoms with van der Waals surface area (Å²) in [6, 6.07) is 3.41. The average molecular weight is 285 g/mol. The summed E-state index contributed by atoms with van der Waals surface area (Å²) < 4.78 is 27.1. The molecule has 2 unspecified atom stereocenters. The van der Waals surface area contributed by atoms with Gasteiger partial charge >= 0.3 is 5.97 Å². The lowest BCUT2D eigenvalue weighted by Gasteiger charge is -2.16. The summed E-state index contributed by atoms with van der Waals surface area (Å²) in [5.41, 5.74) is -0.282. The van der Waals surface area contributed by atoms with E-state index in [0.29, 0.717) is 0 Å². The predicted octanol–water partition coefficient (Wildman–Crippen LogP) is 2.30. The van der Waals surface area contributed by atoms with Crippen LogP contribution in [0.4, 0.5) is 8.78 Å². The molecule has 1 aromatic carbocycles. The molecule has 0 radical (unpaired) electrons. The number of carboxylic acid groups (broad SMARTS) is 1. The van der Waals surface area contributed by atoms with E-state index in [4.69, 9.17) is 5.11 Å². The first-order valence-electron chi connectivity index (χ1n) is 6.26. The minimum Gasteiger partial charge on any atom is -0.481 e. The summed E-state index contributed by atoms with van der Waals surface area (Å²) in [6.07, 6.45) is -0.0806. The minimum atomic E-state index is -0.978. The normalized spacial score (nSPS) is 13.6. The van der Waals surface area contributed by atoms with E-state index in [1.807, 2.05) is 0 Å². The summed E-state index contributed by atoms with van der Waals surface area (Å²) in [5, 5.41) is 11.1. The minimum absolute atomic E-state index is 0.0806. The highest BCUT2D eigenvalue weighted by Crippen LogP contribution is 2.22. The molecule has 4 nitrogen and oxygen atoms in total. The number of carbonyl (C=O) groups is 2. The van der Waals surface area contributed by atoms with E-state index in [1.54, 1.807) is 6.92 Å². The van der Waals surface area contributed by atoms with Crippen molar-refractivity contribution >= 4 is 11.9 Å². The zero-order valence-electron chi connectivity index (χ0n) is 11.3. The lowest BCUT2D eigenvalue weighted by Crippen LogP contribution is -2.33. The number of hydrogen-bond acceptors (Lipinski definition) is 2. The Bertz CT molecular complexity index is 485. The van der Waals surface area contributed by atoms with Crippen LogP contribution in [0.3, 0.4) is 0 Å². The molecule has 0 aliphatic heterocycles. The Labute approximate surface area is 115 Å². The monoisotopic (exact) mass is 285 g/mol. The Balaban J connectivity index is 2.66. The van der Waals surface area contributed by atoms with Crippen molar-refractivity contribution in [1.82, 2.24) is 5.32 Å². The molecule has 0 bridgehead atoms. The van der Waals surface area contributed by atoms with Crippen LogP contribution in [0.25, 0.3) is 0 Å². The second-order valence-corrected chi connectivity index (χ2v) is 4.81. The quantitative estimate of drug-likeness (QED) is 0.842. The average Bonchev–Trinajstić information content (AvgIpc) is 2.34. The van der Waals surface area contributed by atoms with Crippen molar-refractivity contribution < 1.29 is 23.5 Å². The van der Waals surface area contributed by atoms with Gasteiger partial charge in [-0.15, -0.1) is 0 Å². The van der Waals surface area contributed by atoms with Gasteiger partial charge in [-0.25, -0.2) is 8.78 Å². The van der Waals surface area contributed by atoms with Crippen molar-refractivity contribution in [3.8, 4) is 0 Å². The molecule has 1 amide bonds. The van der Waals surface area contributed by atoms with Crippen molar-refractivity contribution in [2.24, 2.45) is 5.92 Å². The number of carbonyl (C=O) groups excluding carboxylic acids is 1. The Morgan fingerprint density at radius 1 is 1.25 bits per heavy atom. The van der Waals surface area contributed by atoms with Crippen LogP contribution in [0.1, 0.15) is 31.7 Å². The molecule has 0 heterocycles. The molecule has 20 heavy (non-hydrogen) atoms. The Morgan fingerprint density at radius 3 is 2.30 bits per heavy atom. The topological polar surface area (TPSA) is 66.4 Å². The van der Waals surface area contributed by atoms with Crippen molar-refractivity contribution in [3.63, 3.8) is 0 Å². The van der Waals surface area contributed by atoms with Crippen molar-refractivity contribution in [3.05, 3.63) is 35.4 Å². The van der Waals surface area contributed by atoms with Crippen LogP contribution in [0.5, 0.6) is 0 Å². The van der Waals surface area contributed by atoms with Gasteiger partial charge in [0.25, 0.3) is 0 Å². The Kier molecular flexibility index (Phi) is 5.61. The third-order valence-corrected chi connectivity index (χ3v) is 2.97. The first-order chi connectivity index (χ1) is 9.32. The SMILES string of the molecule is CC(CNC(=O)C(C)c1c(F)cccc1F)CC(=O)O. The number of aliphatic carboxylic acids is 1. The lowest BCUT2D eigenvalue weighted by atomic mass is 9.98. The first-order valence-corrected chi connectivity index (χ1v) is 6.26. The maximum Gasteiger partial charge on any atom is 0.303 e. The van der Waals surface area contributed by atoms with Gasteiger partial charge in [0.05, 0.1) is 5.92 Å². The van der Waals surface area contributed by atoms with Crippen molar-refractivity contribution in [2.45, 2.75) is 26.2 Å². The molecule has 1 aromatic rings. The zero-order chi connectivity index (χ0) is 15.3. The molecular formula is C14H17F2NO3. The van der Waals surface area contributed by atoms with Crippen LogP contribution in [0.15, 0.2) is 18.2 Å². The highest BCUT2D eigenvalue weighted by Gasteiger charge is 2.22. The molecule has 0 aliphatic rings. The molecule has 1 rings (SSSR count). The van der Waals surface area contributed by atoms with Gasteiger partial charge in [0.2, 0.25) is 5.91 Å². The number of rotatable bonds is 6. The molecule has 0 saturated heterocycles. The number of halogens is 2. The van der Waals surface area contributed by atoms with Gasteiger partial charge in [0, 0.05) is 18.5 Å². The van der Waals surface area contributed by atoms with Crippen molar-refractivity contribution in [2.75, 3.05) is 6.54 Å². The number of amides is 1. The van der Waals surface area contributed by atoms with Crippen LogP contribution in [0.2, 0.25) is 0 Å². The molecule has 2 atom stereocenters. The third-order valence-electron chi connectivity index (χ3n) is 2.97. The molecule has 0 spiro atoms. The molecular weight excluding hydrogens is 268 g/mol. The maximum absolute atomic E-state index is 13.5. The second kappa shape index (κ2) is 6.98. The highest BCUT2D eigenvalue weighted by atomic mass is 19.1. The van der Waals surface area contributed by atoms with E-state index in [2.05, 4.69) is 5.32 Å². The fourth-order valence-corrected chi connectivity index (χ4v) is 1.85. The summed E-state index contributed by atoms with van der Waals surface area (Å²) >= 11 is 0. The van der Waals surface area contributed by atoms with E-state index in [9.17, 15) is 18.4 Å². The van der Waals surface area contributed by atoms with Crippen LogP contribution in [-0.4, -0.2) is 23.5 Å². The molecule has 2 N–H and O–H groups in total. The lowest BCUT2D eigenvalue weighted by molar-refractivity contribution is -0.138. The van der Waals surface area contributed by atoms with Crippen LogP contribution < -0.4 is 5.32 Å². The maximum atomic E-state index is 13.5. The third kappa shape index (κ3) is 4.29. The van der Waals surface area contributed by atoms with Crippen LogP contribution >= 0.6 is 0 Å². The number of nitrogens with one attached hydrogen (secondary N) is 1.